The lowest BCUT2D eigenvalue weighted by molar-refractivity contribution is -0.134. The molecule has 0 aliphatic heterocycles. The number of ketones is 1. The molecular weight excluding hydrogens is 226 g/mol. The van der Waals surface area contributed by atoms with Crippen LogP contribution in [0.5, 0.6) is 0 Å². The summed E-state index contributed by atoms with van der Waals surface area (Å²) in [6, 6.07) is 0. The standard InChI is InChI=1S/C15H27NO2/c1-4-16(14(18)9-8-13(2)17)12-15(3)10-6-5-7-11-15/h4-12H2,1-3H3. The smallest absolute Gasteiger partial charge is 0.223 e. The van der Waals surface area contributed by atoms with E-state index in [0.29, 0.717) is 18.3 Å². The molecule has 3 nitrogen and oxygen atoms in total. The molecule has 104 valence electrons. The molecule has 3 heteroatoms. The second kappa shape index (κ2) is 6.91. The lowest BCUT2D eigenvalue weighted by Crippen LogP contribution is -2.41. The predicted octanol–water partition coefficient (Wildman–Crippen LogP) is 3.17. The second-order valence-electron chi connectivity index (χ2n) is 5.98. The number of hydrogen-bond acceptors (Lipinski definition) is 2. The molecule has 1 aliphatic carbocycles. The maximum Gasteiger partial charge on any atom is 0.223 e. The van der Waals surface area contributed by atoms with E-state index in [9.17, 15) is 9.59 Å². The average Bonchev–Trinajstić information content (AvgIpc) is 2.34. The highest BCUT2D eigenvalue weighted by Crippen LogP contribution is 2.36. The van der Waals surface area contributed by atoms with Crippen molar-refractivity contribution in [2.24, 2.45) is 5.41 Å². The Hall–Kier alpha value is -0.860. The van der Waals surface area contributed by atoms with E-state index in [0.717, 1.165) is 13.1 Å². The highest BCUT2D eigenvalue weighted by molar-refractivity contribution is 5.83. The minimum absolute atomic E-state index is 0.100. The predicted molar refractivity (Wildman–Crippen MR) is 73.4 cm³/mol. The number of carbonyl (C=O) groups is 2. The Kier molecular flexibility index (Phi) is 5.83. The fraction of sp³-hybridized carbons (Fsp3) is 0.867. The average molecular weight is 253 g/mol. The zero-order valence-electron chi connectivity index (χ0n) is 12.1. The summed E-state index contributed by atoms with van der Waals surface area (Å²) in [6.07, 6.45) is 7.11. The van der Waals surface area contributed by atoms with Crippen molar-refractivity contribution in [3.8, 4) is 0 Å². The highest BCUT2D eigenvalue weighted by atomic mass is 16.2. The normalized spacial score (nSPS) is 18.4. The molecule has 1 fully saturated rings. The maximum absolute atomic E-state index is 12.1. The maximum atomic E-state index is 12.1. The van der Waals surface area contributed by atoms with Gasteiger partial charge >= 0.3 is 0 Å². The molecule has 0 atom stereocenters. The van der Waals surface area contributed by atoms with Crippen LogP contribution in [-0.4, -0.2) is 29.7 Å². The Labute approximate surface area is 111 Å². The first-order chi connectivity index (χ1) is 8.47. The van der Waals surface area contributed by atoms with Gasteiger partial charge in [-0.1, -0.05) is 26.2 Å². The summed E-state index contributed by atoms with van der Waals surface area (Å²) in [7, 11) is 0. The van der Waals surface area contributed by atoms with Crippen molar-refractivity contribution in [1.29, 1.82) is 0 Å². The minimum atomic E-state index is 0.100. The molecule has 1 aliphatic rings. The number of rotatable bonds is 6. The molecule has 0 N–H and O–H groups in total. The van der Waals surface area contributed by atoms with Crippen LogP contribution in [0.3, 0.4) is 0 Å². The van der Waals surface area contributed by atoms with Gasteiger partial charge in [-0.15, -0.1) is 0 Å². The summed E-state index contributed by atoms with van der Waals surface area (Å²) in [5.41, 5.74) is 0.292. The van der Waals surface area contributed by atoms with Gasteiger partial charge in [-0.25, -0.2) is 0 Å². The van der Waals surface area contributed by atoms with E-state index in [1.807, 2.05) is 11.8 Å². The monoisotopic (exact) mass is 253 g/mol. The summed E-state index contributed by atoms with van der Waals surface area (Å²) < 4.78 is 0. The van der Waals surface area contributed by atoms with Crippen molar-refractivity contribution in [3.05, 3.63) is 0 Å². The zero-order chi connectivity index (χ0) is 13.6. The summed E-state index contributed by atoms with van der Waals surface area (Å²) in [5, 5.41) is 0. The van der Waals surface area contributed by atoms with Crippen LogP contribution >= 0.6 is 0 Å². The van der Waals surface area contributed by atoms with Gasteiger partial charge in [0.1, 0.15) is 5.78 Å². The van der Waals surface area contributed by atoms with E-state index in [4.69, 9.17) is 0 Å². The summed E-state index contributed by atoms with van der Waals surface area (Å²) >= 11 is 0. The third-order valence-corrected chi connectivity index (χ3v) is 4.06. The van der Waals surface area contributed by atoms with Crippen molar-refractivity contribution in [2.75, 3.05) is 13.1 Å². The van der Waals surface area contributed by atoms with E-state index in [1.165, 1.54) is 32.1 Å². The van der Waals surface area contributed by atoms with Gasteiger partial charge in [-0.2, -0.15) is 0 Å². The minimum Gasteiger partial charge on any atom is -0.342 e. The van der Waals surface area contributed by atoms with Crippen molar-refractivity contribution in [3.63, 3.8) is 0 Å². The van der Waals surface area contributed by atoms with Crippen molar-refractivity contribution < 1.29 is 9.59 Å². The SMILES string of the molecule is CCN(CC1(C)CCCCC1)C(=O)CCC(C)=O. The van der Waals surface area contributed by atoms with Crippen LogP contribution in [0.15, 0.2) is 0 Å². The molecule has 1 amide bonds. The fourth-order valence-electron chi connectivity index (χ4n) is 2.84. The van der Waals surface area contributed by atoms with Crippen molar-refractivity contribution in [1.82, 2.24) is 4.90 Å². The number of amides is 1. The Balaban J connectivity index is 2.49. The molecule has 0 radical (unpaired) electrons. The van der Waals surface area contributed by atoms with Crippen LogP contribution in [0.25, 0.3) is 0 Å². The van der Waals surface area contributed by atoms with Gasteiger partial charge in [0.2, 0.25) is 5.91 Å². The van der Waals surface area contributed by atoms with E-state index in [-0.39, 0.29) is 11.7 Å². The van der Waals surface area contributed by atoms with Gasteiger partial charge in [0.25, 0.3) is 0 Å². The first-order valence-corrected chi connectivity index (χ1v) is 7.24. The molecule has 0 heterocycles. The number of Topliss-reactive ketones (excluding diaryl/α,β-unsaturated/α-hetero) is 1. The lowest BCUT2D eigenvalue weighted by atomic mass is 9.75. The molecule has 0 spiro atoms. The fourth-order valence-corrected chi connectivity index (χ4v) is 2.84. The van der Waals surface area contributed by atoms with Crippen LogP contribution < -0.4 is 0 Å². The first kappa shape index (κ1) is 15.2. The quantitative estimate of drug-likeness (QED) is 0.729. The Morgan fingerprint density at radius 2 is 1.72 bits per heavy atom. The molecular formula is C15H27NO2. The second-order valence-corrected chi connectivity index (χ2v) is 5.98. The van der Waals surface area contributed by atoms with Gasteiger partial charge in [0.15, 0.2) is 0 Å². The number of nitrogens with zero attached hydrogens (tertiary/aromatic N) is 1. The molecule has 0 bridgehead atoms. The molecule has 0 aromatic heterocycles. The van der Waals surface area contributed by atoms with Crippen LogP contribution in [-0.2, 0) is 9.59 Å². The third kappa shape index (κ3) is 4.79. The zero-order valence-corrected chi connectivity index (χ0v) is 12.1. The molecule has 0 unspecified atom stereocenters. The highest BCUT2D eigenvalue weighted by Gasteiger charge is 2.30. The van der Waals surface area contributed by atoms with E-state index in [1.54, 1.807) is 6.92 Å². The third-order valence-electron chi connectivity index (χ3n) is 4.06. The van der Waals surface area contributed by atoms with Crippen LogP contribution in [0.2, 0.25) is 0 Å². The van der Waals surface area contributed by atoms with Crippen molar-refractivity contribution >= 4 is 11.7 Å². The van der Waals surface area contributed by atoms with E-state index >= 15 is 0 Å². The van der Waals surface area contributed by atoms with Gasteiger partial charge < -0.3 is 9.69 Å². The molecule has 0 aromatic rings. The van der Waals surface area contributed by atoms with E-state index < -0.39 is 0 Å². The number of hydrogen-bond donors (Lipinski definition) is 0. The Morgan fingerprint density at radius 1 is 1.11 bits per heavy atom. The molecule has 0 aromatic carbocycles. The summed E-state index contributed by atoms with van der Waals surface area (Å²) in [6.45, 7) is 7.49. The van der Waals surface area contributed by atoms with Gasteiger partial charge in [-0.3, -0.25) is 4.79 Å². The van der Waals surface area contributed by atoms with Crippen LogP contribution in [0.1, 0.15) is 65.7 Å². The topological polar surface area (TPSA) is 37.4 Å². The molecule has 0 saturated heterocycles. The molecule has 1 saturated carbocycles. The van der Waals surface area contributed by atoms with Gasteiger partial charge in [0, 0.05) is 25.9 Å². The van der Waals surface area contributed by atoms with E-state index in [2.05, 4.69) is 6.92 Å². The lowest BCUT2D eigenvalue weighted by Gasteiger charge is -2.38. The summed E-state index contributed by atoms with van der Waals surface area (Å²) in [5.74, 6) is 0.239. The van der Waals surface area contributed by atoms with Gasteiger partial charge in [-0.05, 0) is 32.1 Å². The molecule has 18 heavy (non-hydrogen) atoms. The number of carbonyl (C=O) groups excluding carboxylic acids is 2. The van der Waals surface area contributed by atoms with Crippen molar-refractivity contribution in [2.45, 2.75) is 65.7 Å². The first-order valence-electron chi connectivity index (χ1n) is 7.24. The largest absolute Gasteiger partial charge is 0.342 e. The van der Waals surface area contributed by atoms with Crippen LogP contribution in [0.4, 0.5) is 0 Å². The Bertz CT molecular complexity index is 293. The Morgan fingerprint density at radius 3 is 2.22 bits per heavy atom. The van der Waals surface area contributed by atoms with Crippen LogP contribution in [0, 0.1) is 5.41 Å². The molecule has 1 rings (SSSR count). The van der Waals surface area contributed by atoms with Gasteiger partial charge in [0.05, 0.1) is 0 Å². The summed E-state index contributed by atoms with van der Waals surface area (Å²) in [4.78, 5) is 24.9.